The average molecular weight is 434 g/mol. The highest BCUT2D eigenvalue weighted by molar-refractivity contribution is 6.12. The standard InChI is InChI=1S/C18H34N4O8/c1-9(23)5-19-15(27)13(16(28)20-6-10(2)24)14(17(29)21-7-11(3)25)18(30)22-8-12(4)26/h9-14,23-26H,5-8H2,1-4H3,(H,19,27)(H,20,28)(H,21,29)(H,22,30). The Hall–Kier alpha value is -2.28. The number of rotatable bonds is 13. The molecule has 0 fully saturated rings. The molecule has 4 atom stereocenters. The number of carbonyl (C=O) groups is 4. The van der Waals surface area contributed by atoms with Crippen molar-refractivity contribution in [3.8, 4) is 0 Å². The number of aliphatic hydroxyl groups excluding tert-OH is 4. The molecule has 0 aliphatic rings. The molecular weight excluding hydrogens is 400 g/mol. The lowest BCUT2D eigenvalue weighted by Crippen LogP contribution is -2.56. The van der Waals surface area contributed by atoms with E-state index in [1.54, 1.807) is 0 Å². The van der Waals surface area contributed by atoms with Gasteiger partial charge in [0.05, 0.1) is 24.4 Å². The molecule has 0 aromatic heterocycles. The fourth-order valence-corrected chi connectivity index (χ4v) is 2.28. The second kappa shape index (κ2) is 13.9. The Morgan fingerprint density at radius 1 is 0.500 bits per heavy atom. The van der Waals surface area contributed by atoms with E-state index in [1.165, 1.54) is 27.7 Å². The normalized spacial score (nSPS) is 16.9. The van der Waals surface area contributed by atoms with Crippen LogP contribution in [-0.2, 0) is 19.2 Å². The van der Waals surface area contributed by atoms with Crippen LogP contribution in [0.4, 0.5) is 0 Å². The summed E-state index contributed by atoms with van der Waals surface area (Å²) in [5.74, 6) is -7.59. The molecule has 4 unspecified atom stereocenters. The van der Waals surface area contributed by atoms with E-state index in [4.69, 9.17) is 0 Å². The number of hydrogen-bond donors (Lipinski definition) is 8. The third-order valence-electron chi connectivity index (χ3n) is 3.75. The van der Waals surface area contributed by atoms with Crippen LogP contribution in [0.2, 0.25) is 0 Å². The predicted octanol–water partition coefficient (Wildman–Crippen LogP) is -3.79. The molecule has 0 spiro atoms. The van der Waals surface area contributed by atoms with Crippen LogP contribution < -0.4 is 21.3 Å². The van der Waals surface area contributed by atoms with Crippen LogP contribution in [0, 0.1) is 11.8 Å². The minimum atomic E-state index is -1.83. The van der Waals surface area contributed by atoms with Crippen molar-refractivity contribution in [2.75, 3.05) is 26.2 Å². The summed E-state index contributed by atoms with van der Waals surface area (Å²) >= 11 is 0. The van der Waals surface area contributed by atoms with Crippen molar-refractivity contribution < 1.29 is 39.6 Å². The first-order valence-corrected chi connectivity index (χ1v) is 9.69. The van der Waals surface area contributed by atoms with Crippen molar-refractivity contribution in [2.45, 2.75) is 52.1 Å². The molecule has 0 aliphatic carbocycles. The van der Waals surface area contributed by atoms with Crippen molar-refractivity contribution >= 4 is 23.6 Å². The van der Waals surface area contributed by atoms with E-state index in [0.717, 1.165) is 0 Å². The number of amides is 4. The summed E-state index contributed by atoms with van der Waals surface area (Å²) in [6.07, 6.45) is -3.77. The first-order valence-electron chi connectivity index (χ1n) is 9.69. The molecule has 0 heterocycles. The molecule has 0 aliphatic heterocycles. The summed E-state index contributed by atoms with van der Waals surface area (Å²) in [5.41, 5.74) is 0. The van der Waals surface area contributed by atoms with Crippen LogP contribution in [0.25, 0.3) is 0 Å². The van der Waals surface area contributed by atoms with E-state index >= 15 is 0 Å². The Morgan fingerprint density at radius 2 is 0.667 bits per heavy atom. The molecule has 0 saturated heterocycles. The fourth-order valence-electron chi connectivity index (χ4n) is 2.28. The molecular formula is C18H34N4O8. The van der Waals surface area contributed by atoms with E-state index in [0.29, 0.717) is 0 Å². The lowest BCUT2D eigenvalue weighted by atomic mass is 9.88. The molecule has 0 rings (SSSR count). The Morgan fingerprint density at radius 3 is 0.800 bits per heavy atom. The van der Waals surface area contributed by atoms with Gasteiger partial charge < -0.3 is 41.7 Å². The summed E-state index contributed by atoms with van der Waals surface area (Å²) in [6, 6.07) is 0. The van der Waals surface area contributed by atoms with Crippen molar-refractivity contribution in [2.24, 2.45) is 11.8 Å². The summed E-state index contributed by atoms with van der Waals surface area (Å²) in [5, 5.41) is 46.7. The van der Waals surface area contributed by atoms with Crippen molar-refractivity contribution in [1.82, 2.24) is 21.3 Å². The summed E-state index contributed by atoms with van der Waals surface area (Å²) in [4.78, 5) is 50.6. The minimum absolute atomic E-state index is 0.226. The largest absolute Gasteiger partial charge is 0.392 e. The van der Waals surface area contributed by atoms with E-state index in [-0.39, 0.29) is 26.2 Å². The van der Waals surface area contributed by atoms with Crippen molar-refractivity contribution in [3.05, 3.63) is 0 Å². The molecule has 12 heteroatoms. The highest BCUT2D eigenvalue weighted by atomic mass is 16.3. The van der Waals surface area contributed by atoms with Gasteiger partial charge in [-0.3, -0.25) is 19.2 Å². The van der Waals surface area contributed by atoms with E-state index in [2.05, 4.69) is 21.3 Å². The van der Waals surface area contributed by atoms with Gasteiger partial charge in [0.15, 0.2) is 0 Å². The maximum Gasteiger partial charge on any atom is 0.234 e. The van der Waals surface area contributed by atoms with Gasteiger partial charge in [0.25, 0.3) is 0 Å². The molecule has 4 amide bonds. The Kier molecular flexibility index (Phi) is 12.8. The monoisotopic (exact) mass is 434 g/mol. The van der Waals surface area contributed by atoms with E-state index < -0.39 is 59.9 Å². The first-order chi connectivity index (χ1) is 13.9. The molecule has 0 aromatic carbocycles. The van der Waals surface area contributed by atoms with Gasteiger partial charge >= 0.3 is 0 Å². The van der Waals surface area contributed by atoms with Crippen LogP contribution in [0.1, 0.15) is 27.7 Å². The highest BCUT2D eigenvalue weighted by Crippen LogP contribution is 2.15. The minimum Gasteiger partial charge on any atom is -0.392 e. The number of aliphatic hydroxyl groups is 4. The summed E-state index contributed by atoms with van der Waals surface area (Å²) < 4.78 is 0. The van der Waals surface area contributed by atoms with Gasteiger partial charge in [-0.1, -0.05) is 0 Å². The van der Waals surface area contributed by atoms with Crippen molar-refractivity contribution in [3.63, 3.8) is 0 Å². The second-order valence-corrected chi connectivity index (χ2v) is 7.33. The van der Waals surface area contributed by atoms with Gasteiger partial charge in [-0.2, -0.15) is 0 Å². The fraction of sp³-hybridized carbons (Fsp3) is 0.778. The molecule has 8 N–H and O–H groups in total. The second-order valence-electron chi connectivity index (χ2n) is 7.33. The maximum atomic E-state index is 12.7. The average Bonchev–Trinajstić information content (AvgIpc) is 2.64. The van der Waals surface area contributed by atoms with Gasteiger partial charge in [-0.05, 0) is 27.7 Å². The van der Waals surface area contributed by atoms with E-state index in [9.17, 15) is 39.6 Å². The van der Waals surface area contributed by atoms with Gasteiger partial charge in [0.2, 0.25) is 23.6 Å². The zero-order valence-corrected chi connectivity index (χ0v) is 17.7. The van der Waals surface area contributed by atoms with Crippen LogP contribution in [0.15, 0.2) is 0 Å². The van der Waals surface area contributed by atoms with Gasteiger partial charge in [-0.25, -0.2) is 0 Å². The molecule has 0 aromatic rings. The quantitative estimate of drug-likeness (QED) is 0.135. The number of hydrogen-bond acceptors (Lipinski definition) is 8. The van der Waals surface area contributed by atoms with Crippen LogP contribution in [-0.4, -0.2) is 94.6 Å². The lowest BCUT2D eigenvalue weighted by Gasteiger charge is -2.25. The zero-order valence-electron chi connectivity index (χ0n) is 17.7. The number of nitrogens with one attached hydrogen (secondary N) is 4. The lowest BCUT2D eigenvalue weighted by molar-refractivity contribution is -0.149. The van der Waals surface area contributed by atoms with Crippen LogP contribution in [0.3, 0.4) is 0 Å². The topological polar surface area (TPSA) is 197 Å². The smallest absolute Gasteiger partial charge is 0.234 e. The Balaban J connectivity index is 5.85. The zero-order chi connectivity index (χ0) is 23.4. The highest BCUT2D eigenvalue weighted by Gasteiger charge is 2.44. The molecule has 12 nitrogen and oxygen atoms in total. The van der Waals surface area contributed by atoms with E-state index in [1.807, 2.05) is 0 Å². The summed E-state index contributed by atoms with van der Waals surface area (Å²) in [6.45, 7) is 4.67. The maximum absolute atomic E-state index is 12.7. The molecule has 0 bridgehead atoms. The summed E-state index contributed by atoms with van der Waals surface area (Å²) in [7, 11) is 0. The third-order valence-corrected chi connectivity index (χ3v) is 3.75. The third kappa shape index (κ3) is 11.0. The Bertz CT molecular complexity index is 483. The molecule has 0 radical (unpaired) electrons. The Labute approximate surface area is 175 Å². The first kappa shape index (κ1) is 27.7. The predicted molar refractivity (Wildman–Crippen MR) is 106 cm³/mol. The number of carbonyl (C=O) groups excluding carboxylic acids is 4. The molecule has 0 saturated carbocycles. The van der Waals surface area contributed by atoms with Crippen LogP contribution in [0.5, 0.6) is 0 Å². The van der Waals surface area contributed by atoms with Crippen molar-refractivity contribution in [1.29, 1.82) is 0 Å². The SMILES string of the molecule is CC(O)CNC(=O)C(C(=O)NCC(C)O)C(C(=O)NCC(C)O)C(=O)NCC(C)O. The molecule has 30 heavy (non-hydrogen) atoms. The van der Waals surface area contributed by atoms with Crippen LogP contribution >= 0.6 is 0 Å². The van der Waals surface area contributed by atoms with Gasteiger partial charge in [0, 0.05) is 26.2 Å². The van der Waals surface area contributed by atoms with Gasteiger partial charge in [0.1, 0.15) is 11.8 Å². The molecule has 174 valence electrons. The van der Waals surface area contributed by atoms with Gasteiger partial charge in [-0.15, -0.1) is 0 Å².